The van der Waals surface area contributed by atoms with Crippen LogP contribution >= 0.6 is 0 Å². The lowest BCUT2D eigenvalue weighted by molar-refractivity contribution is -0.139. The summed E-state index contributed by atoms with van der Waals surface area (Å²) >= 11 is 0. The molecule has 24 heavy (non-hydrogen) atoms. The molecule has 0 aliphatic rings. The highest BCUT2D eigenvalue weighted by molar-refractivity contribution is 6.05. The summed E-state index contributed by atoms with van der Waals surface area (Å²) in [6, 6.07) is 9.28. The Morgan fingerprint density at radius 1 is 1.00 bits per heavy atom. The van der Waals surface area contributed by atoms with Crippen LogP contribution in [-0.2, 0) is 4.79 Å². The van der Waals surface area contributed by atoms with Crippen molar-refractivity contribution in [1.29, 1.82) is 0 Å². The molecule has 0 saturated carbocycles. The molecule has 126 valence electrons. The number of amides is 1. The summed E-state index contributed by atoms with van der Waals surface area (Å²) in [7, 11) is 0. The van der Waals surface area contributed by atoms with Gasteiger partial charge in [-0.05, 0) is 68.1 Å². The van der Waals surface area contributed by atoms with Crippen molar-refractivity contribution in [3.63, 3.8) is 0 Å². The Hall–Kier alpha value is -2.82. The number of carbonyl (C=O) groups is 2. The van der Waals surface area contributed by atoms with Gasteiger partial charge >= 0.3 is 5.97 Å². The van der Waals surface area contributed by atoms with Crippen LogP contribution in [0.4, 0.5) is 5.69 Å². The average molecular weight is 327 g/mol. The second-order valence-corrected chi connectivity index (χ2v) is 5.89. The number of nitrogens with one attached hydrogen (secondary N) is 1. The Balaban J connectivity index is 2.24. The van der Waals surface area contributed by atoms with E-state index in [0.29, 0.717) is 11.3 Å². The molecule has 0 bridgehead atoms. The molecule has 5 nitrogen and oxygen atoms in total. The fourth-order valence-electron chi connectivity index (χ4n) is 2.51. The van der Waals surface area contributed by atoms with Gasteiger partial charge < -0.3 is 15.2 Å². The fraction of sp³-hybridized carbons (Fsp3) is 0.263. The highest BCUT2D eigenvalue weighted by atomic mass is 16.5. The minimum Gasteiger partial charge on any atom is -0.481 e. The minimum atomic E-state index is -1.04. The van der Waals surface area contributed by atoms with E-state index < -0.39 is 12.6 Å². The predicted octanol–water partition coefficient (Wildman–Crippen LogP) is 3.64. The summed E-state index contributed by atoms with van der Waals surface area (Å²) in [6.45, 7) is 7.08. The van der Waals surface area contributed by atoms with Gasteiger partial charge in [-0.25, -0.2) is 4.79 Å². The average Bonchev–Trinajstić information content (AvgIpc) is 2.49. The van der Waals surface area contributed by atoms with E-state index in [1.54, 1.807) is 26.0 Å². The number of hydrogen-bond acceptors (Lipinski definition) is 3. The van der Waals surface area contributed by atoms with Crippen molar-refractivity contribution in [2.45, 2.75) is 27.7 Å². The first-order chi connectivity index (χ1) is 11.3. The van der Waals surface area contributed by atoms with Gasteiger partial charge in [-0.3, -0.25) is 4.79 Å². The van der Waals surface area contributed by atoms with Crippen LogP contribution in [0.15, 0.2) is 30.3 Å². The molecule has 0 atom stereocenters. The molecule has 0 saturated heterocycles. The lowest BCUT2D eigenvalue weighted by Crippen LogP contribution is -2.15. The number of carboxylic acids is 1. The van der Waals surface area contributed by atoms with Gasteiger partial charge in [-0.2, -0.15) is 0 Å². The molecule has 0 unspecified atom stereocenters. The second-order valence-electron chi connectivity index (χ2n) is 5.89. The largest absolute Gasteiger partial charge is 0.481 e. The number of aliphatic carboxylic acids is 1. The quantitative estimate of drug-likeness (QED) is 0.879. The third kappa shape index (κ3) is 4.13. The number of carboxylic acid groups (broad SMARTS) is 1. The van der Waals surface area contributed by atoms with Gasteiger partial charge in [0.2, 0.25) is 0 Å². The number of hydrogen-bond donors (Lipinski definition) is 2. The summed E-state index contributed by atoms with van der Waals surface area (Å²) in [4.78, 5) is 23.2. The smallest absolute Gasteiger partial charge is 0.341 e. The van der Waals surface area contributed by atoms with E-state index in [0.717, 1.165) is 27.9 Å². The van der Waals surface area contributed by atoms with Crippen molar-refractivity contribution >= 4 is 17.6 Å². The Bertz CT molecular complexity index is 773. The van der Waals surface area contributed by atoms with Crippen LogP contribution in [0.2, 0.25) is 0 Å². The number of ether oxygens (including phenoxy) is 1. The number of rotatable bonds is 5. The molecular weight excluding hydrogens is 306 g/mol. The molecule has 2 rings (SSSR count). The zero-order valence-corrected chi connectivity index (χ0v) is 14.3. The van der Waals surface area contributed by atoms with Crippen molar-refractivity contribution in [3.8, 4) is 5.75 Å². The molecule has 5 heteroatoms. The third-order valence-corrected chi connectivity index (χ3v) is 3.70. The maximum absolute atomic E-state index is 12.5. The number of benzene rings is 2. The SMILES string of the molecule is Cc1ccc(C)c(NC(=O)c2cc(C)c(OCC(=O)O)c(C)c2)c1. The first-order valence-electron chi connectivity index (χ1n) is 7.62. The summed E-state index contributed by atoms with van der Waals surface area (Å²) in [5, 5.41) is 11.6. The van der Waals surface area contributed by atoms with E-state index in [1.807, 2.05) is 32.0 Å². The van der Waals surface area contributed by atoms with Crippen LogP contribution in [-0.4, -0.2) is 23.6 Å². The first-order valence-corrected chi connectivity index (χ1v) is 7.62. The molecule has 0 aliphatic heterocycles. The van der Waals surface area contributed by atoms with Crippen LogP contribution < -0.4 is 10.1 Å². The number of anilines is 1. The van der Waals surface area contributed by atoms with Crippen molar-refractivity contribution in [1.82, 2.24) is 0 Å². The van der Waals surface area contributed by atoms with Gasteiger partial charge in [-0.1, -0.05) is 12.1 Å². The Morgan fingerprint density at radius 3 is 2.21 bits per heavy atom. The molecule has 2 aromatic rings. The second kappa shape index (κ2) is 7.17. The lowest BCUT2D eigenvalue weighted by atomic mass is 10.0. The topological polar surface area (TPSA) is 75.6 Å². The van der Waals surface area contributed by atoms with E-state index in [1.165, 1.54) is 0 Å². The van der Waals surface area contributed by atoms with Crippen molar-refractivity contribution in [3.05, 3.63) is 58.1 Å². The zero-order valence-electron chi connectivity index (χ0n) is 14.3. The van der Waals surface area contributed by atoms with E-state index in [4.69, 9.17) is 9.84 Å². The van der Waals surface area contributed by atoms with Crippen LogP contribution in [0.1, 0.15) is 32.6 Å². The highest BCUT2D eigenvalue weighted by Crippen LogP contribution is 2.26. The van der Waals surface area contributed by atoms with Gasteiger partial charge in [0.25, 0.3) is 5.91 Å². The van der Waals surface area contributed by atoms with Gasteiger partial charge in [0.05, 0.1) is 0 Å². The Kier molecular flexibility index (Phi) is 5.24. The van der Waals surface area contributed by atoms with Gasteiger partial charge in [0, 0.05) is 11.3 Å². The lowest BCUT2D eigenvalue weighted by Gasteiger charge is -2.14. The summed E-state index contributed by atoms with van der Waals surface area (Å²) < 4.78 is 5.29. The number of carbonyl (C=O) groups excluding carboxylic acids is 1. The monoisotopic (exact) mass is 327 g/mol. The van der Waals surface area contributed by atoms with E-state index in [-0.39, 0.29) is 5.91 Å². The molecule has 2 aromatic carbocycles. The highest BCUT2D eigenvalue weighted by Gasteiger charge is 2.13. The predicted molar refractivity (Wildman–Crippen MR) is 92.9 cm³/mol. The minimum absolute atomic E-state index is 0.209. The molecule has 0 spiro atoms. The normalized spacial score (nSPS) is 10.3. The van der Waals surface area contributed by atoms with Crippen LogP contribution in [0.5, 0.6) is 5.75 Å². The Morgan fingerprint density at radius 2 is 1.62 bits per heavy atom. The standard InChI is InChI=1S/C19H21NO4/c1-11-5-6-12(2)16(7-11)20-19(23)15-8-13(3)18(14(4)9-15)24-10-17(21)22/h5-9H,10H2,1-4H3,(H,20,23)(H,21,22). The third-order valence-electron chi connectivity index (χ3n) is 3.70. The molecule has 0 aromatic heterocycles. The van der Waals surface area contributed by atoms with Crippen molar-refractivity contribution in [2.24, 2.45) is 0 Å². The summed E-state index contributed by atoms with van der Waals surface area (Å²) in [6.07, 6.45) is 0. The maximum atomic E-state index is 12.5. The molecule has 0 fully saturated rings. The van der Waals surface area contributed by atoms with Crippen molar-refractivity contribution < 1.29 is 19.4 Å². The summed E-state index contributed by atoms with van der Waals surface area (Å²) in [5.74, 6) is -0.745. The van der Waals surface area contributed by atoms with E-state index in [2.05, 4.69) is 5.32 Å². The maximum Gasteiger partial charge on any atom is 0.341 e. The molecule has 2 N–H and O–H groups in total. The number of aryl methyl sites for hydroxylation is 4. The van der Waals surface area contributed by atoms with E-state index in [9.17, 15) is 9.59 Å². The fourth-order valence-corrected chi connectivity index (χ4v) is 2.51. The van der Waals surface area contributed by atoms with Gasteiger partial charge in [-0.15, -0.1) is 0 Å². The Labute approximate surface area is 141 Å². The summed E-state index contributed by atoms with van der Waals surface area (Å²) in [5.41, 5.74) is 4.80. The molecular formula is C19H21NO4. The first kappa shape index (κ1) is 17.5. The van der Waals surface area contributed by atoms with E-state index >= 15 is 0 Å². The zero-order chi connectivity index (χ0) is 17.9. The van der Waals surface area contributed by atoms with Gasteiger partial charge in [0.1, 0.15) is 5.75 Å². The molecule has 0 heterocycles. The van der Waals surface area contributed by atoms with Crippen LogP contribution in [0.3, 0.4) is 0 Å². The van der Waals surface area contributed by atoms with Crippen molar-refractivity contribution in [2.75, 3.05) is 11.9 Å². The van der Waals surface area contributed by atoms with Crippen LogP contribution in [0.25, 0.3) is 0 Å². The molecule has 1 amide bonds. The van der Waals surface area contributed by atoms with Gasteiger partial charge in [0.15, 0.2) is 6.61 Å². The molecule has 0 aliphatic carbocycles. The van der Waals surface area contributed by atoms with Crippen LogP contribution in [0, 0.1) is 27.7 Å². The molecule has 0 radical (unpaired) electrons.